The number of aliphatic carboxylic acids is 1. The Kier molecular flexibility index (Phi) is 6.03. The molecule has 1 aromatic heterocycles. The van der Waals surface area contributed by atoms with E-state index in [2.05, 4.69) is 10.2 Å². The molecule has 9 heteroatoms. The molecule has 0 aliphatic rings. The Balaban J connectivity index is 1.90. The summed E-state index contributed by atoms with van der Waals surface area (Å²) in [5.41, 5.74) is 0.654. The molecule has 3 rings (SSSR count). The van der Waals surface area contributed by atoms with Gasteiger partial charge in [0.1, 0.15) is 12.4 Å². The number of carboxylic acids is 1. The minimum Gasteiger partial charge on any atom is -0.486 e. The second-order valence-corrected chi connectivity index (χ2v) is 6.90. The Morgan fingerprint density at radius 1 is 1.12 bits per heavy atom. The summed E-state index contributed by atoms with van der Waals surface area (Å²) in [6, 6.07) is 14.1. The van der Waals surface area contributed by atoms with Crippen molar-refractivity contribution in [3.8, 4) is 11.4 Å². The summed E-state index contributed by atoms with van der Waals surface area (Å²) < 4.78 is 7.44. The number of aromatic nitrogens is 3. The van der Waals surface area contributed by atoms with Gasteiger partial charge in [-0.1, -0.05) is 47.1 Å². The summed E-state index contributed by atoms with van der Waals surface area (Å²) in [4.78, 5) is 10.9. The van der Waals surface area contributed by atoms with E-state index < -0.39 is 5.97 Å². The van der Waals surface area contributed by atoms with Gasteiger partial charge in [-0.05, 0) is 36.4 Å². The molecule has 2 aromatic carbocycles. The van der Waals surface area contributed by atoms with Gasteiger partial charge < -0.3 is 9.84 Å². The van der Waals surface area contributed by atoms with Crippen LogP contribution in [0.2, 0.25) is 10.0 Å². The molecule has 0 bridgehead atoms. The van der Waals surface area contributed by atoms with Crippen molar-refractivity contribution in [3.63, 3.8) is 0 Å². The standard InChI is InChI=1S/C17H13Cl2N3O3S/c18-11-5-7-12(8-6-11)25-9-15-20-21-17(26-10-16(23)24)22(15)14-4-2-1-3-13(14)19/h1-8H,9-10H2,(H,23,24). The lowest BCUT2D eigenvalue weighted by molar-refractivity contribution is -0.133. The van der Waals surface area contributed by atoms with Crippen LogP contribution in [-0.2, 0) is 11.4 Å². The van der Waals surface area contributed by atoms with Crippen molar-refractivity contribution in [3.05, 3.63) is 64.4 Å². The van der Waals surface area contributed by atoms with Gasteiger partial charge >= 0.3 is 5.97 Å². The highest BCUT2D eigenvalue weighted by Gasteiger charge is 2.18. The van der Waals surface area contributed by atoms with Crippen molar-refractivity contribution in [1.82, 2.24) is 14.8 Å². The summed E-state index contributed by atoms with van der Waals surface area (Å²) in [5, 5.41) is 18.7. The number of rotatable bonds is 7. The number of para-hydroxylation sites is 1. The number of carboxylic acid groups (broad SMARTS) is 1. The lowest BCUT2D eigenvalue weighted by atomic mass is 10.3. The Hall–Kier alpha value is -2.22. The third-order valence-electron chi connectivity index (χ3n) is 3.30. The average molecular weight is 410 g/mol. The highest BCUT2D eigenvalue weighted by atomic mass is 35.5. The Morgan fingerprint density at radius 2 is 1.85 bits per heavy atom. The minimum absolute atomic E-state index is 0.132. The zero-order valence-electron chi connectivity index (χ0n) is 13.3. The van der Waals surface area contributed by atoms with Crippen LogP contribution in [0.15, 0.2) is 53.7 Å². The first-order chi connectivity index (χ1) is 12.5. The number of nitrogens with zero attached hydrogens (tertiary/aromatic N) is 3. The van der Waals surface area contributed by atoms with E-state index in [-0.39, 0.29) is 12.4 Å². The molecule has 6 nitrogen and oxygen atoms in total. The molecule has 0 fully saturated rings. The van der Waals surface area contributed by atoms with Gasteiger partial charge in [-0.25, -0.2) is 0 Å². The van der Waals surface area contributed by atoms with Crippen LogP contribution in [0, 0.1) is 0 Å². The summed E-state index contributed by atoms with van der Waals surface area (Å²) >= 11 is 13.2. The Labute approximate surface area is 163 Å². The van der Waals surface area contributed by atoms with E-state index >= 15 is 0 Å². The number of hydrogen-bond donors (Lipinski definition) is 1. The highest BCUT2D eigenvalue weighted by Crippen LogP contribution is 2.27. The molecule has 3 aromatic rings. The van der Waals surface area contributed by atoms with Crippen LogP contribution >= 0.6 is 35.0 Å². The molecule has 1 heterocycles. The zero-order chi connectivity index (χ0) is 18.5. The van der Waals surface area contributed by atoms with Crippen molar-refractivity contribution in [2.75, 3.05) is 5.75 Å². The summed E-state index contributed by atoms with van der Waals surface area (Å²) in [6.07, 6.45) is 0. The van der Waals surface area contributed by atoms with Crippen LogP contribution < -0.4 is 4.74 Å². The first kappa shape index (κ1) is 18.6. The van der Waals surface area contributed by atoms with Gasteiger partial charge in [0, 0.05) is 5.02 Å². The molecule has 1 N–H and O–H groups in total. The molecule has 0 amide bonds. The van der Waals surface area contributed by atoms with Crippen molar-refractivity contribution in [1.29, 1.82) is 0 Å². The topological polar surface area (TPSA) is 77.2 Å². The number of ether oxygens (including phenoxy) is 1. The second kappa shape index (κ2) is 8.44. The number of carbonyl (C=O) groups is 1. The summed E-state index contributed by atoms with van der Waals surface area (Å²) in [5.74, 6) is 0.0483. The fourth-order valence-electron chi connectivity index (χ4n) is 2.17. The molecular weight excluding hydrogens is 397 g/mol. The molecule has 0 saturated carbocycles. The molecular formula is C17H13Cl2N3O3S. The first-order valence-corrected chi connectivity index (χ1v) is 9.21. The maximum atomic E-state index is 10.9. The normalized spacial score (nSPS) is 10.7. The Morgan fingerprint density at radius 3 is 2.54 bits per heavy atom. The van der Waals surface area contributed by atoms with E-state index in [0.717, 1.165) is 11.8 Å². The quantitative estimate of drug-likeness (QED) is 0.585. The molecule has 0 atom stereocenters. The number of thioether (sulfide) groups is 1. The van der Waals surface area contributed by atoms with Gasteiger partial charge in [0.2, 0.25) is 0 Å². The van der Waals surface area contributed by atoms with E-state index in [9.17, 15) is 4.79 Å². The molecule has 134 valence electrons. The largest absolute Gasteiger partial charge is 0.486 e. The van der Waals surface area contributed by atoms with Crippen LogP contribution in [0.5, 0.6) is 5.75 Å². The van der Waals surface area contributed by atoms with Gasteiger partial charge in [-0.2, -0.15) is 0 Å². The van der Waals surface area contributed by atoms with E-state index in [0.29, 0.717) is 32.5 Å². The van der Waals surface area contributed by atoms with E-state index in [4.69, 9.17) is 33.0 Å². The van der Waals surface area contributed by atoms with Crippen molar-refractivity contribution < 1.29 is 14.6 Å². The summed E-state index contributed by atoms with van der Waals surface area (Å²) in [6.45, 7) is 0.132. The molecule has 0 spiro atoms. The third kappa shape index (κ3) is 4.49. The average Bonchev–Trinajstić information content (AvgIpc) is 3.02. The van der Waals surface area contributed by atoms with Crippen molar-refractivity contribution in [2.24, 2.45) is 0 Å². The highest BCUT2D eigenvalue weighted by molar-refractivity contribution is 7.99. The molecule has 0 unspecified atom stereocenters. The van der Waals surface area contributed by atoms with Crippen LogP contribution in [0.3, 0.4) is 0 Å². The molecule has 0 aliphatic heterocycles. The van der Waals surface area contributed by atoms with Crippen LogP contribution in [0.4, 0.5) is 0 Å². The van der Waals surface area contributed by atoms with E-state index in [1.165, 1.54) is 0 Å². The lowest BCUT2D eigenvalue weighted by Crippen LogP contribution is -2.08. The molecule has 0 radical (unpaired) electrons. The maximum Gasteiger partial charge on any atom is 0.313 e. The number of halogens is 2. The monoisotopic (exact) mass is 409 g/mol. The SMILES string of the molecule is O=C(O)CSc1nnc(COc2ccc(Cl)cc2)n1-c1ccccc1Cl. The fourth-order valence-corrected chi connectivity index (χ4v) is 3.20. The molecule has 0 saturated heterocycles. The van der Waals surface area contributed by atoms with Gasteiger partial charge in [-0.15, -0.1) is 10.2 Å². The van der Waals surface area contributed by atoms with Crippen molar-refractivity contribution in [2.45, 2.75) is 11.8 Å². The van der Waals surface area contributed by atoms with Crippen molar-refractivity contribution >= 4 is 40.9 Å². The van der Waals surface area contributed by atoms with E-state index in [1.807, 2.05) is 18.2 Å². The Bertz CT molecular complexity index is 916. The smallest absolute Gasteiger partial charge is 0.313 e. The van der Waals surface area contributed by atoms with Crippen LogP contribution in [0.1, 0.15) is 5.82 Å². The van der Waals surface area contributed by atoms with Gasteiger partial charge in [0.25, 0.3) is 0 Å². The van der Waals surface area contributed by atoms with Gasteiger partial charge in [-0.3, -0.25) is 9.36 Å². The van der Waals surface area contributed by atoms with Gasteiger partial charge in [0.05, 0.1) is 16.5 Å². The molecule has 26 heavy (non-hydrogen) atoms. The minimum atomic E-state index is -0.942. The lowest BCUT2D eigenvalue weighted by Gasteiger charge is -2.12. The number of hydrogen-bond acceptors (Lipinski definition) is 5. The predicted molar refractivity (Wildman–Crippen MR) is 101 cm³/mol. The van der Waals surface area contributed by atoms with E-state index in [1.54, 1.807) is 34.9 Å². The second-order valence-electron chi connectivity index (χ2n) is 5.11. The van der Waals surface area contributed by atoms with Crippen LogP contribution in [-0.4, -0.2) is 31.6 Å². The van der Waals surface area contributed by atoms with Gasteiger partial charge in [0.15, 0.2) is 11.0 Å². The first-order valence-electron chi connectivity index (χ1n) is 7.47. The zero-order valence-corrected chi connectivity index (χ0v) is 15.6. The molecule has 0 aliphatic carbocycles. The fraction of sp³-hybridized carbons (Fsp3) is 0.118. The predicted octanol–water partition coefficient (Wildman–Crippen LogP) is 4.33. The number of benzene rings is 2. The summed E-state index contributed by atoms with van der Waals surface area (Å²) in [7, 11) is 0. The third-order valence-corrected chi connectivity index (χ3v) is 4.79. The maximum absolute atomic E-state index is 10.9. The van der Waals surface area contributed by atoms with Crippen LogP contribution in [0.25, 0.3) is 5.69 Å².